The first kappa shape index (κ1) is 17.3. The molecule has 0 amide bonds. The Morgan fingerprint density at radius 2 is 2.13 bits per heavy atom. The normalized spacial score (nSPS) is 10.9. The highest BCUT2D eigenvalue weighted by molar-refractivity contribution is 5.84. The van der Waals surface area contributed by atoms with Crippen molar-refractivity contribution in [3.05, 3.63) is 30.0 Å². The monoisotopic (exact) mass is 318 g/mol. The van der Waals surface area contributed by atoms with Crippen LogP contribution in [0.25, 0.3) is 10.9 Å². The Kier molecular flexibility index (Phi) is 6.94. The fourth-order valence-corrected chi connectivity index (χ4v) is 2.58. The zero-order valence-corrected chi connectivity index (χ0v) is 13.8. The van der Waals surface area contributed by atoms with Crippen LogP contribution in [0.3, 0.4) is 0 Å². The number of carbonyl (C=O) groups is 1. The molecule has 5 nitrogen and oxygen atoms in total. The van der Waals surface area contributed by atoms with E-state index in [1.807, 2.05) is 25.3 Å². The molecule has 0 spiro atoms. The smallest absolute Gasteiger partial charge is 0.305 e. The van der Waals surface area contributed by atoms with Gasteiger partial charge in [0.1, 0.15) is 5.75 Å². The van der Waals surface area contributed by atoms with Gasteiger partial charge in [0.05, 0.1) is 13.2 Å². The lowest BCUT2D eigenvalue weighted by Gasteiger charge is -2.07. The summed E-state index contributed by atoms with van der Waals surface area (Å²) in [7, 11) is 0. The van der Waals surface area contributed by atoms with Gasteiger partial charge >= 0.3 is 5.97 Å². The van der Waals surface area contributed by atoms with Crippen LogP contribution in [0.5, 0.6) is 5.75 Å². The van der Waals surface area contributed by atoms with E-state index in [0.717, 1.165) is 36.9 Å². The van der Waals surface area contributed by atoms with Gasteiger partial charge in [0, 0.05) is 23.5 Å². The highest BCUT2D eigenvalue weighted by Gasteiger charge is 2.05. The summed E-state index contributed by atoms with van der Waals surface area (Å²) in [6.45, 7) is 3.57. The van der Waals surface area contributed by atoms with Gasteiger partial charge in [-0.2, -0.15) is 0 Å². The molecule has 0 fully saturated rings. The van der Waals surface area contributed by atoms with Crippen molar-refractivity contribution in [1.82, 2.24) is 4.98 Å². The number of esters is 1. The topological polar surface area (TPSA) is 77.3 Å². The maximum Gasteiger partial charge on any atom is 0.305 e. The summed E-state index contributed by atoms with van der Waals surface area (Å²) < 4.78 is 10.7. The van der Waals surface area contributed by atoms with Gasteiger partial charge in [0.2, 0.25) is 0 Å². The van der Waals surface area contributed by atoms with Gasteiger partial charge in [-0.25, -0.2) is 0 Å². The molecule has 0 saturated heterocycles. The highest BCUT2D eigenvalue weighted by atomic mass is 16.5. The molecule has 0 atom stereocenters. The SMILES string of the molecule is CCOC(=O)CCCCCOc1ccc2[nH]cc(CCN)c2c1. The van der Waals surface area contributed by atoms with E-state index in [-0.39, 0.29) is 5.97 Å². The summed E-state index contributed by atoms with van der Waals surface area (Å²) in [6, 6.07) is 6.07. The lowest BCUT2D eigenvalue weighted by molar-refractivity contribution is -0.143. The van der Waals surface area contributed by atoms with Crippen molar-refractivity contribution in [2.75, 3.05) is 19.8 Å². The maximum atomic E-state index is 11.2. The van der Waals surface area contributed by atoms with E-state index < -0.39 is 0 Å². The molecule has 2 aromatic rings. The second-order valence-corrected chi connectivity index (χ2v) is 5.52. The molecule has 126 valence electrons. The van der Waals surface area contributed by atoms with E-state index in [9.17, 15) is 4.79 Å². The van der Waals surface area contributed by atoms with Gasteiger partial charge < -0.3 is 20.2 Å². The van der Waals surface area contributed by atoms with E-state index in [0.29, 0.717) is 26.2 Å². The number of ether oxygens (including phenoxy) is 2. The quantitative estimate of drug-likeness (QED) is 0.521. The van der Waals surface area contributed by atoms with Crippen molar-refractivity contribution >= 4 is 16.9 Å². The molecule has 0 radical (unpaired) electrons. The summed E-state index contributed by atoms with van der Waals surface area (Å²) in [5, 5.41) is 1.18. The largest absolute Gasteiger partial charge is 0.494 e. The molecule has 0 saturated carbocycles. The number of unbranched alkanes of at least 4 members (excludes halogenated alkanes) is 2. The van der Waals surface area contributed by atoms with Crippen LogP contribution in [0.2, 0.25) is 0 Å². The van der Waals surface area contributed by atoms with Crippen molar-refractivity contribution in [2.24, 2.45) is 5.73 Å². The molecule has 0 unspecified atom stereocenters. The summed E-state index contributed by atoms with van der Waals surface area (Å²) in [6.07, 6.45) is 6.10. The van der Waals surface area contributed by atoms with E-state index in [1.165, 1.54) is 10.9 Å². The number of H-pyrrole nitrogens is 1. The Morgan fingerprint density at radius 1 is 1.26 bits per heavy atom. The summed E-state index contributed by atoms with van der Waals surface area (Å²) in [5.74, 6) is 0.763. The third-order valence-corrected chi connectivity index (χ3v) is 3.75. The lowest BCUT2D eigenvalue weighted by atomic mass is 10.1. The molecule has 2 rings (SSSR count). The third kappa shape index (κ3) is 5.28. The number of rotatable bonds is 10. The molecule has 1 heterocycles. The van der Waals surface area contributed by atoms with Crippen molar-refractivity contribution in [2.45, 2.75) is 39.0 Å². The molecule has 1 aromatic carbocycles. The first-order valence-electron chi connectivity index (χ1n) is 8.33. The second-order valence-electron chi connectivity index (χ2n) is 5.52. The van der Waals surface area contributed by atoms with Crippen molar-refractivity contribution in [3.8, 4) is 5.75 Å². The second kappa shape index (κ2) is 9.20. The summed E-state index contributed by atoms with van der Waals surface area (Å²) >= 11 is 0. The fourth-order valence-electron chi connectivity index (χ4n) is 2.58. The zero-order valence-electron chi connectivity index (χ0n) is 13.8. The number of nitrogens with two attached hydrogens (primary N) is 1. The molecule has 0 aliphatic carbocycles. The first-order valence-corrected chi connectivity index (χ1v) is 8.33. The fraction of sp³-hybridized carbons (Fsp3) is 0.500. The molecule has 0 aliphatic rings. The Bertz CT molecular complexity index is 622. The Morgan fingerprint density at radius 3 is 2.91 bits per heavy atom. The van der Waals surface area contributed by atoms with Gasteiger partial charge in [-0.1, -0.05) is 0 Å². The standard InChI is InChI=1S/C18H26N2O3/c1-2-22-18(21)6-4-3-5-11-23-15-7-8-17-16(12-15)14(9-10-19)13-20-17/h7-8,12-13,20H,2-6,9-11,19H2,1H3. The van der Waals surface area contributed by atoms with E-state index in [4.69, 9.17) is 15.2 Å². The molecule has 5 heteroatoms. The van der Waals surface area contributed by atoms with Crippen LogP contribution in [0.15, 0.2) is 24.4 Å². The van der Waals surface area contributed by atoms with Gasteiger partial charge in [0.15, 0.2) is 0 Å². The van der Waals surface area contributed by atoms with Crippen molar-refractivity contribution in [1.29, 1.82) is 0 Å². The lowest BCUT2D eigenvalue weighted by Crippen LogP contribution is -2.04. The van der Waals surface area contributed by atoms with Crippen LogP contribution in [0, 0.1) is 0 Å². The Balaban J connectivity index is 1.74. The molecule has 23 heavy (non-hydrogen) atoms. The number of hydrogen-bond donors (Lipinski definition) is 2. The molecule has 3 N–H and O–H groups in total. The predicted octanol–water partition coefficient (Wildman–Crippen LogP) is 3.17. The molecular formula is C18H26N2O3. The molecule has 1 aromatic heterocycles. The number of carbonyl (C=O) groups excluding carboxylic acids is 1. The minimum Gasteiger partial charge on any atom is -0.494 e. The molecule has 0 aliphatic heterocycles. The van der Waals surface area contributed by atoms with Gasteiger partial charge in [-0.3, -0.25) is 4.79 Å². The average molecular weight is 318 g/mol. The first-order chi connectivity index (χ1) is 11.2. The highest BCUT2D eigenvalue weighted by Crippen LogP contribution is 2.24. The number of fused-ring (bicyclic) bond motifs is 1. The van der Waals surface area contributed by atoms with Crippen molar-refractivity contribution < 1.29 is 14.3 Å². The molecule has 0 bridgehead atoms. The van der Waals surface area contributed by atoms with E-state index in [2.05, 4.69) is 11.1 Å². The average Bonchev–Trinajstić information content (AvgIpc) is 2.94. The Labute approximate surface area is 137 Å². The van der Waals surface area contributed by atoms with Crippen LogP contribution in [-0.2, 0) is 16.0 Å². The molecular weight excluding hydrogens is 292 g/mol. The minimum atomic E-state index is -0.112. The number of benzene rings is 1. The summed E-state index contributed by atoms with van der Waals surface area (Å²) in [5.41, 5.74) is 7.97. The number of aromatic nitrogens is 1. The third-order valence-electron chi connectivity index (χ3n) is 3.75. The van der Waals surface area contributed by atoms with Crippen LogP contribution < -0.4 is 10.5 Å². The van der Waals surface area contributed by atoms with Gasteiger partial charge in [-0.15, -0.1) is 0 Å². The van der Waals surface area contributed by atoms with Gasteiger partial charge in [-0.05, 0) is 62.9 Å². The zero-order chi connectivity index (χ0) is 16.5. The number of hydrogen-bond acceptors (Lipinski definition) is 4. The Hall–Kier alpha value is -2.01. The van der Waals surface area contributed by atoms with Crippen molar-refractivity contribution in [3.63, 3.8) is 0 Å². The van der Waals surface area contributed by atoms with Crippen LogP contribution in [0.1, 0.15) is 38.2 Å². The number of aromatic amines is 1. The van der Waals surface area contributed by atoms with E-state index in [1.54, 1.807) is 0 Å². The summed E-state index contributed by atoms with van der Waals surface area (Å²) in [4.78, 5) is 14.5. The van der Waals surface area contributed by atoms with E-state index >= 15 is 0 Å². The van der Waals surface area contributed by atoms with Crippen LogP contribution >= 0.6 is 0 Å². The maximum absolute atomic E-state index is 11.2. The predicted molar refractivity (Wildman–Crippen MR) is 91.7 cm³/mol. The van der Waals surface area contributed by atoms with Gasteiger partial charge in [0.25, 0.3) is 0 Å². The number of nitrogens with one attached hydrogen (secondary N) is 1. The minimum absolute atomic E-state index is 0.112. The van der Waals surface area contributed by atoms with Crippen LogP contribution in [0.4, 0.5) is 0 Å². The van der Waals surface area contributed by atoms with Crippen LogP contribution in [-0.4, -0.2) is 30.7 Å².